The molecule has 1 amide bonds. The highest BCUT2D eigenvalue weighted by molar-refractivity contribution is 5.91. The molecule has 1 unspecified atom stereocenters. The van der Waals surface area contributed by atoms with Gasteiger partial charge in [-0.05, 0) is 25.9 Å². The van der Waals surface area contributed by atoms with E-state index in [0.717, 1.165) is 39.1 Å². The van der Waals surface area contributed by atoms with E-state index in [9.17, 15) is 4.79 Å². The second kappa shape index (κ2) is 5.26. The van der Waals surface area contributed by atoms with Gasteiger partial charge in [-0.2, -0.15) is 0 Å². The molecule has 104 valence electrons. The Kier molecular flexibility index (Phi) is 3.48. The Balaban J connectivity index is 1.50. The lowest BCUT2D eigenvalue weighted by Gasteiger charge is -2.26. The van der Waals surface area contributed by atoms with E-state index < -0.39 is 0 Å². The Labute approximate surface area is 112 Å². The molecule has 2 aliphatic rings. The standard InChI is InChI=1S/C12H20N6O/c1-17-3-2-9(7-17)4-14-12(19)11-8-18(16-15-11)10-5-13-6-10/h8-10,13H,2-7H2,1H3,(H,14,19). The first-order valence-electron chi connectivity index (χ1n) is 6.81. The van der Waals surface area contributed by atoms with E-state index in [2.05, 4.69) is 32.9 Å². The van der Waals surface area contributed by atoms with Crippen molar-refractivity contribution in [2.45, 2.75) is 12.5 Å². The van der Waals surface area contributed by atoms with Crippen LogP contribution >= 0.6 is 0 Å². The predicted octanol–water partition coefficient (Wildman–Crippen LogP) is -0.896. The molecule has 0 aliphatic carbocycles. The van der Waals surface area contributed by atoms with E-state index in [4.69, 9.17) is 0 Å². The van der Waals surface area contributed by atoms with Crippen LogP contribution in [-0.2, 0) is 0 Å². The summed E-state index contributed by atoms with van der Waals surface area (Å²) < 4.78 is 1.77. The SMILES string of the molecule is CN1CCC(CNC(=O)c2cn(C3CNC3)nn2)C1. The van der Waals surface area contributed by atoms with Crippen molar-refractivity contribution >= 4 is 5.91 Å². The van der Waals surface area contributed by atoms with Gasteiger partial charge in [-0.25, -0.2) is 4.68 Å². The summed E-state index contributed by atoms with van der Waals surface area (Å²) in [6.45, 7) is 4.70. The molecular formula is C12H20N6O. The summed E-state index contributed by atoms with van der Waals surface area (Å²) in [6, 6.07) is 0.345. The Morgan fingerprint density at radius 2 is 2.42 bits per heavy atom. The maximum atomic E-state index is 12.0. The van der Waals surface area contributed by atoms with Crippen molar-refractivity contribution in [3.63, 3.8) is 0 Å². The van der Waals surface area contributed by atoms with Crippen molar-refractivity contribution in [2.75, 3.05) is 39.8 Å². The van der Waals surface area contributed by atoms with Crippen LogP contribution in [0.5, 0.6) is 0 Å². The maximum absolute atomic E-state index is 12.0. The molecule has 1 aromatic rings. The monoisotopic (exact) mass is 264 g/mol. The second-order valence-electron chi connectivity index (χ2n) is 5.52. The number of likely N-dealkylation sites (tertiary alicyclic amines) is 1. The molecule has 2 N–H and O–H groups in total. The van der Waals surface area contributed by atoms with E-state index >= 15 is 0 Å². The summed E-state index contributed by atoms with van der Waals surface area (Å²) in [7, 11) is 2.11. The summed E-state index contributed by atoms with van der Waals surface area (Å²) in [5.74, 6) is 0.438. The fraction of sp³-hybridized carbons (Fsp3) is 0.750. The lowest BCUT2D eigenvalue weighted by molar-refractivity contribution is 0.0942. The summed E-state index contributed by atoms with van der Waals surface area (Å²) in [6.07, 6.45) is 2.89. The third kappa shape index (κ3) is 2.76. The zero-order valence-corrected chi connectivity index (χ0v) is 11.2. The van der Waals surface area contributed by atoms with Crippen molar-refractivity contribution in [2.24, 2.45) is 5.92 Å². The van der Waals surface area contributed by atoms with Gasteiger partial charge in [0.25, 0.3) is 5.91 Å². The average molecular weight is 264 g/mol. The Morgan fingerprint density at radius 3 is 3.05 bits per heavy atom. The number of carbonyl (C=O) groups excluding carboxylic acids is 1. The highest BCUT2D eigenvalue weighted by Gasteiger charge is 2.23. The van der Waals surface area contributed by atoms with Crippen molar-refractivity contribution in [3.05, 3.63) is 11.9 Å². The van der Waals surface area contributed by atoms with Crippen LogP contribution in [0.25, 0.3) is 0 Å². The number of amides is 1. The first-order chi connectivity index (χ1) is 9.22. The Bertz CT molecular complexity index is 455. The van der Waals surface area contributed by atoms with E-state index in [1.807, 2.05) is 0 Å². The average Bonchev–Trinajstić information content (AvgIpc) is 2.93. The van der Waals surface area contributed by atoms with E-state index in [0.29, 0.717) is 17.7 Å². The molecule has 3 rings (SSSR count). The van der Waals surface area contributed by atoms with E-state index in [1.54, 1.807) is 10.9 Å². The summed E-state index contributed by atoms with van der Waals surface area (Å²) in [5, 5.41) is 14.1. The minimum atomic E-state index is -0.118. The van der Waals surface area contributed by atoms with Gasteiger partial charge < -0.3 is 15.5 Å². The summed E-state index contributed by atoms with van der Waals surface area (Å²) in [5.41, 5.74) is 0.415. The van der Waals surface area contributed by atoms with E-state index in [1.165, 1.54) is 0 Å². The van der Waals surface area contributed by atoms with Gasteiger partial charge in [0.2, 0.25) is 0 Å². The van der Waals surface area contributed by atoms with Crippen LogP contribution in [0.4, 0.5) is 0 Å². The molecule has 1 atom stereocenters. The third-order valence-electron chi connectivity index (χ3n) is 3.92. The second-order valence-corrected chi connectivity index (χ2v) is 5.52. The van der Waals surface area contributed by atoms with Gasteiger partial charge in [-0.3, -0.25) is 4.79 Å². The van der Waals surface area contributed by atoms with Crippen molar-refractivity contribution < 1.29 is 4.79 Å². The fourth-order valence-corrected chi connectivity index (χ4v) is 2.54. The molecular weight excluding hydrogens is 244 g/mol. The lowest BCUT2D eigenvalue weighted by atomic mass is 10.1. The maximum Gasteiger partial charge on any atom is 0.273 e. The highest BCUT2D eigenvalue weighted by atomic mass is 16.2. The van der Waals surface area contributed by atoms with Crippen LogP contribution in [0.15, 0.2) is 6.20 Å². The van der Waals surface area contributed by atoms with Gasteiger partial charge >= 0.3 is 0 Å². The molecule has 3 heterocycles. The third-order valence-corrected chi connectivity index (χ3v) is 3.92. The minimum Gasteiger partial charge on any atom is -0.350 e. The van der Waals surface area contributed by atoms with Crippen LogP contribution in [0.2, 0.25) is 0 Å². The number of rotatable bonds is 4. The smallest absolute Gasteiger partial charge is 0.273 e. The molecule has 0 spiro atoms. The van der Waals surface area contributed by atoms with Gasteiger partial charge in [-0.1, -0.05) is 5.21 Å². The first-order valence-corrected chi connectivity index (χ1v) is 6.81. The molecule has 0 saturated carbocycles. The topological polar surface area (TPSA) is 75.1 Å². The van der Waals surface area contributed by atoms with Gasteiger partial charge in [0.05, 0.1) is 12.2 Å². The number of carbonyl (C=O) groups is 1. The lowest BCUT2D eigenvalue weighted by Crippen LogP contribution is -2.43. The van der Waals surface area contributed by atoms with Gasteiger partial charge in [0.15, 0.2) is 5.69 Å². The zero-order valence-electron chi connectivity index (χ0n) is 11.2. The number of nitrogens with one attached hydrogen (secondary N) is 2. The molecule has 1 aromatic heterocycles. The van der Waals surface area contributed by atoms with Crippen molar-refractivity contribution in [1.82, 2.24) is 30.5 Å². The van der Waals surface area contributed by atoms with Crippen LogP contribution in [0.3, 0.4) is 0 Å². The number of nitrogens with zero attached hydrogens (tertiary/aromatic N) is 4. The Morgan fingerprint density at radius 1 is 1.58 bits per heavy atom. The molecule has 2 saturated heterocycles. The van der Waals surface area contributed by atoms with Gasteiger partial charge in [0, 0.05) is 26.2 Å². The molecule has 19 heavy (non-hydrogen) atoms. The molecule has 7 nitrogen and oxygen atoms in total. The van der Waals surface area contributed by atoms with Gasteiger partial charge in [0.1, 0.15) is 0 Å². The molecule has 7 heteroatoms. The predicted molar refractivity (Wildman–Crippen MR) is 69.9 cm³/mol. The van der Waals surface area contributed by atoms with Gasteiger partial charge in [-0.15, -0.1) is 5.10 Å². The van der Waals surface area contributed by atoms with Crippen molar-refractivity contribution in [1.29, 1.82) is 0 Å². The normalized spacial score (nSPS) is 24.4. The molecule has 2 fully saturated rings. The van der Waals surface area contributed by atoms with Crippen LogP contribution in [-0.4, -0.2) is 65.6 Å². The van der Waals surface area contributed by atoms with Crippen LogP contribution in [0, 0.1) is 5.92 Å². The number of hydrogen-bond acceptors (Lipinski definition) is 5. The highest BCUT2D eigenvalue weighted by Crippen LogP contribution is 2.13. The van der Waals surface area contributed by atoms with Crippen LogP contribution < -0.4 is 10.6 Å². The minimum absolute atomic E-state index is 0.118. The summed E-state index contributed by atoms with van der Waals surface area (Å²) >= 11 is 0. The quantitative estimate of drug-likeness (QED) is 0.737. The zero-order chi connectivity index (χ0) is 13.2. The van der Waals surface area contributed by atoms with Crippen molar-refractivity contribution in [3.8, 4) is 0 Å². The molecule has 0 radical (unpaired) electrons. The summed E-state index contributed by atoms with van der Waals surface area (Å²) in [4.78, 5) is 14.3. The first kappa shape index (κ1) is 12.6. The molecule has 2 aliphatic heterocycles. The molecule has 0 aromatic carbocycles. The largest absolute Gasteiger partial charge is 0.350 e. The van der Waals surface area contributed by atoms with Crippen LogP contribution in [0.1, 0.15) is 23.0 Å². The number of hydrogen-bond donors (Lipinski definition) is 2. The van der Waals surface area contributed by atoms with E-state index in [-0.39, 0.29) is 5.91 Å². The Hall–Kier alpha value is -1.47. The number of aromatic nitrogens is 3. The molecule has 0 bridgehead atoms. The fourth-order valence-electron chi connectivity index (χ4n) is 2.54.